The van der Waals surface area contributed by atoms with E-state index in [1.165, 1.54) is 7.11 Å². The number of methoxy groups -OCH3 is 1. The van der Waals surface area contributed by atoms with E-state index in [0.717, 1.165) is 5.56 Å². The van der Waals surface area contributed by atoms with Crippen molar-refractivity contribution < 1.29 is 27.5 Å². The number of nitrogens with zero attached hydrogens (tertiary/aromatic N) is 2. The van der Waals surface area contributed by atoms with Crippen LogP contribution in [0, 0.1) is 5.92 Å². The molecule has 0 bridgehead atoms. The van der Waals surface area contributed by atoms with E-state index >= 15 is 0 Å². The number of benzene rings is 2. The van der Waals surface area contributed by atoms with Crippen LogP contribution >= 0.6 is 0 Å². The number of amides is 2. The van der Waals surface area contributed by atoms with Crippen molar-refractivity contribution in [1.29, 1.82) is 0 Å². The molecule has 8 nitrogen and oxygen atoms in total. The summed E-state index contributed by atoms with van der Waals surface area (Å²) >= 11 is 0. The highest BCUT2D eigenvalue weighted by atomic mass is 32.2. The molecule has 0 saturated carbocycles. The van der Waals surface area contributed by atoms with Gasteiger partial charge >= 0.3 is 0 Å². The van der Waals surface area contributed by atoms with Crippen LogP contribution in [0.1, 0.15) is 22.3 Å². The molecule has 0 N–H and O–H groups in total. The number of rotatable bonds is 6. The third kappa shape index (κ3) is 5.47. The van der Waals surface area contributed by atoms with Crippen LogP contribution in [0.25, 0.3) is 0 Å². The smallest absolute Gasteiger partial charge is 0.254 e. The zero-order chi connectivity index (χ0) is 23.4. The first-order valence-electron chi connectivity index (χ1n) is 11.0. The highest BCUT2D eigenvalue weighted by molar-refractivity contribution is 7.91. The summed E-state index contributed by atoms with van der Waals surface area (Å²) in [6.07, 6.45) is 0.388. The highest BCUT2D eigenvalue weighted by Crippen LogP contribution is 2.29. The Morgan fingerprint density at radius 1 is 0.970 bits per heavy atom. The van der Waals surface area contributed by atoms with Gasteiger partial charge in [0.1, 0.15) is 6.61 Å². The number of ether oxygens (including phenoxy) is 2. The van der Waals surface area contributed by atoms with Crippen molar-refractivity contribution in [3.8, 4) is 11.5 Å². The van der Waals surface area contributed by atoms with Gasteiger partial charge in [-0.3, -0.25) is 9.59 Å². The summed E-state index contributed by atoms with van der Waals surface area (Å²) in [5, 5.41) is 0. The van der Waals surface area contributed by atoms with Gasteiger partial charge in [0.15, 0.2) is 21.3 Å². The molecule has 2 heterocycles. The van der Waals surface area contributed by atoms with Crippen molar-refractivity contribution in [1.82, 2.24) is 9.80 Å². The monoisotopic (exact) mass is 472 g/mol. The normalized spacial score (nSPS) is 19.8. The third-order valence-corrected chi connectivity index (χ3v) is 7.88. The lowest BCUT2D eigenvalue weighted by Crippen LogP contribution is -2.52. The van der Waals surface area contributed by atoms with E-state index in [1.807, 2.05) is 30.3 Å². The van der Waals surface area contributed by atoms with E-state index < -0.39 is 15.8 Å². The second kappa shape index (κ2) is 9.82. The Bertz CT molecular complexity index is 1110. The third-order valence-electron chi connectivity index (χ3n) is 6.11. The fourth-order valence-corrected chi connectivity index (χ4v) is 5.95. The van der Waals surface area contributed by atoms with Crippen molar-refractivity contribution in [2.24, 2.45) is 5.92 Å². The molecule has 2 aromatic carbocycles. The van der Waals surface area contributed by atoms with Gasteiger partial charge in [-0.2, -0.15) is 0 Å². The van der Waals surface area contributed by atoms with Gasteiger partial charge in [0, 0.05) is 31.7 Å². The van der Waals surface area contributed by atoms with Crippen molar-refractivity contribution in [2.75, 3.05) is 44.8 Å². The fraction of sp³-hybridized carbons (Fsp3) is 0.417. The molecule has 4 rings (SSSR count). The van der Waals surface area contributed by atoms with Gasteiger partial charge < -0.3 is 19.3 Å². The Labute approximate surface area is 194 Å². The Hall–Kier alpha value is -3.07. The van der Waals surface area contributed by atoms with E-state index in [-0.39, 0.29) is 23.3 Å². The van der Waals surface area contributed by atoms with Crippen LogP contribution in [-0.2, 0) is 21.2 Å². The number of carbonyl (C=O) groups excluding carboxylic acids is 2. The predicted octanol–water partition coefficient (Wildman–Crippen LogP) is 1.99. The molecule has 0 radical (unpaired) electrons. The van der Waals surface area contributed by atoms with Crippen molar-refractivity contribution >= 4 is 21.7 Å². The molecular weight excluding hydrogens is 444 g/mol. The minimum Gasteiger partial charge on any atom is -0.493 e. The number of piperazine rings is 1. The van der Waals surface area contributed by atoms with Crippen LogP contribution < -0.4 is 9.47 Å². The summed E-state index contributed by atoms with van der Waals surface area (Å²) in [5.74, 6) is 0.333. The standard InChI is InChI=1S/C24H28N2O6S/c1-31-22-15-19(7-8-21(22)32-16-18-5-3-2-4-6-18)23(27)25-10-12-26(13-11-25)24(28)20-9-14-33(29,30)17-20/h2-8,15,20H,9-14,16-17H2,1H3/t20-/m0/s1. The minimum atomic E-state index is -3.10. The Morgan fingerprint density at radius 2 is 1.67 bits per heavy atom. The molecule has 33 heavy (non-hydrogen) atoms. The van der Waals surface area contributed by atoms with E-state index in [4.69, 9.17) is 9.47 Å². The molecule has 2 aliphatic rings. The van der Waals surface area contributed by atoms with E-state index in [2.05, 4.69) is 0 Å². The first-order chi connectivity index (χ1) is 15.9. The number of carbonyl (C=O) groups is 2. The molecule has 0 aliphatic carbocycles. The van der Waals surface area contributed by atoms with E-state index in [9.17, 15) is 18.0 Å². The molecule has 9 heteroatoms. The van der Waals surface area contributed by atoms with E-state index in [1.54, 1.807) is 28.0 Å². The van der Waals surface area contributed by atoms with Crippen LogP contribution in [0.4, 0.5) is 0 Å². The van der Waals surface area contributed by atoms with E-state index in [0.29, 0.717) is 56.3 Å². The maximum atomic E-state index is 13.0. The maximum Gasteiger partial charge on any atom is 0.254 e. The quantitative estimate of drug-likeness (QED) is 0.639. The van der Waals surface area contributed by atoms with Gasteiger partial charge in [0.2, 0.25) is 5.91 Å². The molecule has 2 saturated heterocycles. The lowest BCUT2D eigenvalue weighted by Gasteiger charge is -2.36. The summed E-state index contributed by atoms with van der Waals surface area (Å²) in [4.78, 5) is 29.1. The zero-order valence-electron chi connectivity index (χ0n) is 18.6. The topological polar surface area (TPSA) is 93.2 Å². The first-order valence-corrected chi connectivity index (χ1v) is 12.8. The van der Waals surface area contributed by atoms with Crippen LogP contribution in [0.15, 0.2) is 48.5 Å². The van der Waals surface area contributed by atoms with Gasteiger partial charge in [-0.25, -0.2) is 8.42 Å². The minimum absolute atomic E-state index is 0.0660. The molecule has 1 atom stereocenters. The molecular formula is C24H28N2O6S. The summed E-state index contributed by atoms with van der Waals surface area (Å²) in [7, 11) is -1.57. The molecule has 0 spiro atoms. The number of hydrogen-bond acceptors (Lipinski definition) is 6. The molecule has 0 unspecified atom stereocenters. The zero-order valence-corrected chi connectivity index (χ0v) is 19.4. The molecule has 2 amide bonds. The van der Waals surface area contributed by atoms with Crippen LogP contribution in [0.3, 0.4) is 0 Å². The largest absolute Gasteiger partial charge is 0.493 e. The molecule has 2 aromatic rings. The number of hydrogen-bond donors (Lipinski definition) is 0. The summed E-state index contributed by atoms with van der Waals surface area (Å²) < 4.78 is 34.6. The molecule has 2 aliphatic heterocycles. The average molecular weight is 473 g/mol. The Kier molecular flexibility index (Phi) is 6.88. The SMILES string of the molecule is COc1cc(C(=O)N2CCN(C(=O)[C@H]3CCS(=O)(=O)C3)CC2)ccc1OCc1ccccc1. The number of sulfone groups is 1. The van der Waals surface area contributed by atoms with Gasteiger partial charge in [0.25, 0.3) is 5.91 Å². The van der Waals surface area contributed by atoms with Gasteiger partial charge in [0.05, 0.1) is 24.5 Å². The average Bonchev–Trinajstić information content (AvgIpc) is 3.22. The van der Waals surface area contributed by atoms with Crippen LogP contribution in [0.5, 0.6) is 11.5 Å². The fourth-order valence-electron chi connectivity index (χ4n) is 4.22. The van der Waals surface area contributed by atoms with Crippen LogP contribution in [-0.4, -0.2) is 74.8 Å². The first kappa shape index (κ1) is 23.1. The molecule has 176 valence electrons. The lowest BCUT2D eigenvalue weighted by atomic mass is 10.1. The molecule has 2 fully saturated rings. The van der Waals surface area contributed by atoms with Crippen molar-refractivity contribution in [3.63, 3.8) is 0 Å². The van der Waals surface area contributed by atoms with Crippen LogP contribution in [0.2, 0.25) is 0 Å². The molecule has 0 aromatic heterocycles. The maximum absolute atomic E-state index is 13.0. The lowest BCUT2D eigenvalue weighted by molar-refractivity contribution is -0.136. The van der Waals surface area contributed by atoms with Gasteiger partial charge in [-0.1, -0.05) is 30.3 Å². The Morgan fingerprint density at radius 3 is 2.30 bits per heavy atom. The summed E-state index contributed by atoms with van der Waals surface area (Å²) in [5.41, 5.74) is 1.52. The summed E-state index contributed by atoms with van der Waals surface area (Å²) in [6, 6.07) is 14.9. The van der Waals surface area contributed by atoms with Crippen molar-refractivity contribution in [3.05, 3.63) is 59.7 Å². The predicted molar refractivity (Wildman–Crippen MR) is 123 cm³/mol. The summed E-state index contributed by atoms with van der Waals surface area (Å²) in [6.45, 7) is 1.99. The Balaban J connectivity index is 1.35. The second-order valence-electron chi connectivity index (χ2n) is 8.36. The van der Waals surface area contributed by atoms with Gasteiger partial charge in [-0.15, -0.1) is 0 Å². The second-order valence-corrected chi connectivity index (χ2v) is 10.6. The van der Waals surface area contributed by atoms with Gasteiger partial charge in [-0.05, 0) is 30.2 Å². The van der Waals surface area contributed by atoms with Crippen molar-refractivity contribution in [2.45, 2.75) is 13.0 Å². The highest BCUT2D eigenvalue weighted by Gasteiger charge is 2.36.